The predicted molar refractivity (Wildman–Crippen MR) is 48.9 cm³/mol. The van der Waals surface area contributed by atoms with E-state index >= 15 is 0 Å². The highest BCUT2D eigenvalue weighted by molar-refractivity contribution is 6.12. The lowest BCUT2D eigenvalue weighted by atomic mass is 10.5. The fourth-order valence-corrected chi connectivity index (χ4v) is 0.532. The Morgan fingerprint density at radius 1 is 1.50 bits per heavy atom. The summed E-state index contributed by atoms with van der Waals surface area (Å²) in [6.45, 7) is 4.93. The number of esters is 1. The first-order valence-corrected chi connectivity index (χ1v) is 3.93. The first-order chi connectivity index (χ1) is 6.60. The molecule has 0 saturated carbocycles. The van der Waals surface area contributed by atoms with Crippen LogP contribution in [0, 0.1) is 0 Å². The van der Waals surface area contributed by atoms with E-state index in [0.29, 0.717) is 6.42 Å². The monoisotopic (exact) mass is 197 g/mol. The van der Waals surface area contributed by atoms with Gasteiger partial charge in [-0.3, -0.25) is 19.7 Å². The van der Waals surface area contributed by atoms with Crippen LogP contribution in [-0.4, -0.2) is 17.8 Å². The summed E-state index contributed by atoms with van der Waals surface area (Å²) in [5.41, 5.74) is 0. The summed E-state index contributed by atoms with van der Waals surface area (Å²) in [4.78, 5) is 30.2. The zero-order valence-corrected chi connectivity index (χ0v) is 7.78. The Hall–Kier alpha value is -1.91. The number of imide groups is 1. The second-order valence-electron chi connectivity index (χ2n) is 2.20. The lowest BCUT2D eigenvalue weighted by Crippen LogP contribution is -2.19. The minimum atomic E-state index is -0.329. The van der Waals surface area contributed by atoms with E-state index in [9.17, 15) is 14.4 Å². The zero-order chi connectivity index (χ0) is 11.0. The van der Waals surface area contributed by atoms with Crippen LogP contribution in [0.3, 0.4) is 0 Å². The first-order valence-electron chi connectivity index (χ1n) is 3.93. The van der Waals surface area contributed by atoms with Crippen molar-refractivity contribution >= 4 is 17.8 Å². The average molecular weight is 197 g/mol. The van der Waals surface area contributed by atoms with Crippen LogP contribution >= 0.6 is 0 Å². The van der Waals surface area contributed by atoms with Gasteiger partial charge in [-0.25, -0.2) is 0 Å². The van der Waals surface area contributed by atoms with Crippen LogP contribution in [0.5, 0.6) is 0 Å². The maximum Gasteiger partial charge on any atom is 0.310 e. The molecule has 0 unspecified atom stereocenters. The van der Waals surface area contributed by atoms with E-state index in [4.69, 9.17) is 0 Å². The molecular weight excluding hydrogens is 186 g/mol. The second-order valence-corrected chi connectivity index (χ2v) is 2.20. The van der Waals surface area contributed by atoms with Crippen molar-refractivity contribution in [1.82, 2.24) is 5.32 Å². The minimum Gasteiger partial charge on any atom is -0.435 e. The minimum absolute atomic E-state index is 0.241. The molecular formula is C9H11NO4. The number of carbonyl (C=O) groups excluding carboxylic acids is 3. The Kier molecular flexibility index (Phi) is 5.69. The molecule has 2 amide bonds. The maximum absolute atomic E-state index is 10.1. The molecule has 0 bridgehead atoms. The fourth-order valence-electron chi connectivity index (χ4n) is 0.532. The average Bonchev–Trinajstić information content (AvgIpc) is 2.51. The van der Waals surface area contributed by atoms with Crippen molar-refractivity contribution in [1.29, 1.82) is 0 Å². The third-order valence-corrected chi connectivity index (χ3v) is 1.14. The number of hydrogen-bond donors (Lipinski definition) is 1. The molecule has 1 heterocycles. The van der Waals surface area contributed by atoms with Gasteiger partial charge in [-0.05, 0) is 0 Å². The Balaban J connectivity index is 0.000000241. The normalized spacial score (nSPS) is 12.6. The topological polar surface area (TPSA) is 72.5 Å². The van der Waals surface area contributed by atoms with Crippen molar-refractivity contribution in [3.63, 3.8) is 0 Å². The van der Waals surface area contributed by atoms with Gasteiger partial charge in [0.1, 0.15) is 0 Å². The third-order valence-electron chi connectivity index (χ3n) is 1.14. The Morgan fingerprint density at radius 3 is 2.14 bits per heavy atom. The van der Waals surface area contributed by atoms with Crippen molar-refractivity contribution in [2.75, 3.05) is 0 Å². The van der Waals surface area contributed by atoms with Gasteiger partial charge >= 0.3 is 5.97 Å². The van der Waals surface area contributed by atoms with Gasteiger partial charge in [0.25, 0.3) is 11.8 Å². The van der Waals surface area contributed by atoms with E-state index in [1.807, 2.05) is 5.32 Å². The number of rotatable bonds is 2. The largest absolute Gasteiger partial charge is 0.435 e. The number of hydrogen-bond acceptors (Lipinski definition) is 4. The molecule has 5 heteroatoms. The van der Waals surface area contributed by atoms with Gasteiger partial charge in [-0.2, -0.15) is 0 Å². The molecule has 0 aromatic rings. The number of nitrogens with one attached hydrogen (secondary N) is 1. The summed E-state index contributed by atoms with van der Waals surface area (Å²) in [5, 5.41) is 2.03. The summed E-state index contributed by atoms with van der Waals surface area (Å²) in [6, 6.07) is 0. The molecule has 1 aliphatic rings. The van der Waals surface area contributed by atoms with Crippen molar-refractivity contribution in [3.8, 4) is 0 Å². The lowest BCUT2D eigenvalue weighted by molar-refractivity contribution is -0.137. The van der Waals surface area contributed by atoms with Crippen molar-refractivity contribution in [3.05, 3.63) is 25.0 Å². The van der Waals surface area contributed by atoms with Gasteiger partial charge < -0.3 is 4.74 Å². The van der Waals surface area contributed by atoms with Crippen LogP contribution < -0.4 is 5.32 Å². The van der Waals surface area contributed by atoms with Gasteiger partial charge in [-0.1, -0.05) is 13.5 Å². The van der Waals surface area contributed by atoms with Gasteiger partial charge in [0.05, 0.1) is 6.26 Å². The Labute approximate surface area is 81.4 Å². The maximum atomic E-state index is 10.1. The van der Waals surface area contributed by atoms with Crippen molar-refractivity contribution in [2.24, 2.45) is 0 Å². The SMILES string of the molecule is C=COC(=O)CC.O=C1C=CC(=O)N1. The van der Waals surface area contributed by atoms with Gasteiger partial charge in [0.15, 0.2) is 0 Å². The highest BCUT2D eigenvalue weighted by atomic mass is 16.5. The van der Waals surface area contributed by atoms with Gasteiger partial charge in [0.2, 0.25) is 0 Å². The standard InChI is InChI=1S/C5H8O2.C4H3NO2/c1-3-5(6)7-4-2;6-3-1-2-4(7)5-3/h4H,2-3H2,1H3;1-2H,(H,5,6,7). The molecule has 0 aromatic heterocycles. The summed E-state index contributed by atoms with van der Waals surface area (Å²) < 4.78 is 4.32. The van der Waals surface area contributed by atoms with Crippen LogP contribution in [0.2, 0.25) is 0 Å². The molecule has 5 nitrogen and oxygen atoms in total. The molecule has 0 aliphatic carbocycles. The summed E-state index contributed by atoms with van der Waals surface area (Å²) in [6.07, 6.45) is 3.93. The van der Waals surface area contributed by atoms with Gasteiger partial charge in [-0.15, -0.1) is 0 Å². The summed E-state index contributed by atoms with van der Waals surface area (Å²) in [5.74, 6) is -0.898. The number of ether oxygens (including phenoxy) is 1. The van der Waals surface area contributed by atoms with Crippen LogP contribution in [0.15, 0.2) is 25.0 Å². The number of carbonyl (C=O) groups is 3. The quantitative estimate of drug-likeness (QED) is 0.392. The predicted octanol–water partition coefficient (Wildman–Crippen LogP) is 0.282. The van der Waals surface area contributed by atoms with E-state index in [1.54, 1.807) is 6.92 Å². The highest BCUT2D eigenvalue weighted by Gasteiger charge is 2.06. The zero-order valence-electron chi connectivity index (χ0n) is 7.78. The molecule has 76 valence electrons. The molecule has 0 saturated heterocycles. The van der Waals surface area contributed by atoms with E-state index in [-0.39, 0.29) is 17.8 Å². The number of amides is 2. The highest BCUT2D eigenvalue weighted by Crippen LogP contribution is 1.82. The molecule has 14 heavy (non-hydrogen) atoms. The smallest absolute Gasteiger partial charge is 0.310 e. The first kappa shape index (κ1) is 12.1. The van der Waals surface area contributed by atoms with Crippen molar-refractivity contribution < 1.29 is 19.1 Å². The Bertz CT molecular complexity index is 265. The summed E-state index contributed by atoms with van der Waals surface area (Å²) >= 11 is 0. The molecule has 0 atom stereocenters. The van der Waals surface area contributed by atoms with Crippen LogP contribution in [0.1, 0.15) is 13.3 Å². The fraction of sp³-hybridized carbons (Fsp3) is 0.222. The molecule has 0 aromatic carbocycles. The van der Waals surface area contributed by atoms with Crippen LogP contribution in [0.25, 0.3) is 0 Å². The molecule has 1 aliphatic heterocycles. The second kappa shape index (κ2) is 6.59. The molecule has 0 fully saturated rings. The van der Waals surface area contributed by atoms with E-state index in [2.05, 4.69) is 11.3 Å². The lowest BCUT2D eigenvalue weighted by Gasteiger charge is -1.88. The van der Waals surface area contributed by atoms with E-state index in [0.717, 1.165) is 6.26 Å². The van der Waals surface area contributed by atoms with Crippen molar-refractivity contribution in [2.45, 2.75) is 13.3 Å². The van der Waals surface area contributed by atoms with Crippen LogP contribution in [-0.2, 0) is 19.1 Å². The summed E-state index contributed by atoms with van der Waals surface area (Å²) in [7, 11) is 0. The van der Waals surface area contributed by atoms with Gasteiger partial charge in [0, 0.05) is 18.6 Å². The van der Waals surface area contributed by atoms with E-state index < -0.39 is 0 Å². The molecule has 1 N–H and O–H groups in total. The Morgan fingerprint density at radius 2 is 2.00 bits per heavy atom. The van der Waals surface area contributed by atoms with Crippen LogP contribution in [0.4, 0.5) is 0 Å². The third kappa shape index (κ3) is 5.70. The van der Waals surface area contributed by atoms with E-state index in [1.165, 1.54) is 12.2 Å². The molecule has 0 spiro atoms. The molecule has 1 rings (SSSR count). The molecule has 0 radical (unpaired) electrons.